The second-order valence-electron chi connectivity index (χ2n) is 7.13. The summed E-state index contributed by atoms with van der Waals surface area (Å²) in [4.78, 5) is 24.6. The summed E-state index contributed by atoms with van der Waals surface area (Å²) in [6, 6.07) is 8.28. The number of fused-ring (bicyclic) bond motifs is 2. The van der Waals surface area contributed by atoms with Crippen molar-refractivity contribution in [2.24, 2.45) is 0 Å². The number of nitrogens with one attached hydrogen (secondary N) is 2. The highest BCUT2D eigenvalue weighted by Gasteiger charge is 2.25. The molecule has 0 fully saturated rings. The molecule has 2 amide bonds. The van der Waals surface area contributed by atoms with Crippen LogP contribution in [0, 0.1) is 0 Å². The largest absolute Gasteiger partial charge is 0.359 e. The third kappa shape index (κ3) is 3.49. The molecule has 0 bridgehead atoms. The minimum atomic E-state index is -0.677. The van der Waals surface area contributed by atoms with E-state index in [2.05, 4.69) is 27.9 Å². The molecule has 0 saturated carbocycles. The number of aromatic nitrogens is 1. The number of nitrogens with zero attached hydrogens (tertiary/aromatic N) is 1. The maximum atomic E-state index is 12.3. The number of anilines is 1. The smallest absolute Gasteiger partial charge is 0.314 e. The Morgan fingerprint density at radius 2 is 1.81 bits per heavy atom. The Hall–Kier alpha value is -2.63. The van der Waals surface area contributed by atoms with Crippen molar-refractivity contribution in [3.8, 4) is 0 Å². The molecule has 2 N–H and O–H groups in total. The summed E-state index contributed by atoms with van der Waals surface area (Å²) in [6.45, 7) is 0. The van der Waals surface area contributed by atoms with Crippen molar-refractivity contribution in [3.63, 3.8) is 0 Å². The van der Waals surface area contributed by atoms with Gasteiger partial charge in [0, 0.05) is 18.0 Å². The molecule has 1 unspecified atom stereocenters. The predicted molar refractivity (Wildman–Crippen MR) is 96.8 cm³/mol. The van der Waals surface area contributed by atoms with Gasteiger partial charge in [-0.2, -0.15) is 0 Å². The summed E-state index contributed by atoms with van der Waals surface area (Å²) in [5.74, 6) is -0.0652. The van der Waals surface area contributed by atoms with Crippen LogP contribution in [0.15, 0.2) is 28.8 Å². The molecule has 2 aliphatic carbocycles. The first-order valence-corrected chi connectivity index (χ1v) is 9.37. The van der Waals surface area contributed by atoms with E-state index in [0.29, 0.717) is 5.82 Å². The molecule has 0 saturated heterocycles. The number of hydrogen-bond donors (Lipinski definition) is 2. The van der Waals surface area contributed by atoms with Crippen LogP contribution in [-0.2, 0) is 35.3 Å². The number of carbonyl (C=O) groups is 2. The van der Waals surface area contributed by atoms with Crippen molar-refractivity contribution >= 4 is 17.6 Å². The van der Waals surface area contributed by atoms with Gasteiger partial charge in [-0.05, 0) is 56.1 Å². The Morgan fingerprint density at radius 3 is 2.69 bits per heavy atom. The lowest BCUT2D eigenvalue weighted by molar-refractivity contribution is -0.136. The van der Waals surface area contributed by atoms with Crippen LogP contribution in [0.2, 0.25) is 0 Å². The van der Waals surface area contributed by atoms with Crippen molar-refractivity contribution in [2.45, 2.75) is 57.4 Å². The van der Waals surface area contributed by atoms with Gasteiger partial charge in [0.1, 0.15) is 5.76 Å². The van der Waals surface area contributed by atoms with E-state index in [1.54, 1.807) is 0 Å². The zero-order valence-electron chi connectivity index (χ0n) is 14.7. The summed E-state index contributed by atoms with van der Waals surface area (Å²) in [5, 5.41) is 9.43. The van der Waals surface area contributed by atoms with Gasteiger partial charge >= 0.3 is 11.8 Å². The van der Waals surface area contributed by atoms with Gasteiger partial charge in [-0.1, -0.05) is 29.4 Å². The minimum absolute atomic E-state index is 0.0249. The molecule has 1 heterocycles. The Bertz CT molecular complexity index is 827. The lowest BCUT2D eigenvalue weighted by Crippen LogP contribution is -2.42. The minimum Gasteiger partial charge on any atom is -0.359 e. The summed E-state index contributed by atoms with van der Waals surface area (Å²) in [7, 11) is 0. The summed E-state index contributed by atoms with van der Waals surface area (Å²) >= 11 is 0. The molecule has 1 atom stereocenters. The van der Waals surface area contributed by atoms with Crippen LogP contribution >= 0.6 is 0 Å². The lowest BCUT2D eigenvalue weighted by Gasteiger charge is -2.16. The lowest BCUT2D eigenvalue weighted by atomic mass is 9.98. The fourth-order valence-corrected chi connectivity index (χ4v) is 3.93. The fourth-order valence-electron chi connectivity index (χ4n) is 3.93. The van der Waals surface area contributed by atoms with Gasteiger partial charge in [0.05, 0.1) is 0 Å². The Kier molecular flexibility index (Phi) is 4.73. The molecule has 0 spiro atoms. The summed E-state index contributed by atoms with van der Waals surface area (Å²) in [6.07, 6.45) is 7.42. The van der Waals surface area contributed by atoms with E-state index in [4.69, 9.17) is 4.52 Å². The average molecular weight is 353 g/mol. The second kappa shape index (κ2) is 7.32. The molecule has 6 nitrogen and oxygen atoms in total. The maximum Gasteiger partial charge on any atom is 0.314 e. The van der Waals surface area contributed by atoms with Crippen molar-refractivity contribution in [1.82, 2.24) is 10.5 Å². The molecule has 1 aromatic carbocycles. The zero-order valence-corrected chi connectivity index (χ0v) is 14.7. The van der Waals surface area contributed by atoms with Crippen LogP contribution in [0.5, 0.6) is 0 Å². The van der Waals surface area contributed by atoms with Gasteiger partial charge in [0.15, 0.2) is 5.82 Å². The molecule has 1 aromatic heterocycles. The van der Waals surface area contributed by atoms with E-state index < -0.39 is 11.8 Å². The van der Waals surface area contributed by atoms with Crippen LogP contribution in [-0.4, -0.2) is 23.0 Å². The molecular weight excluding hydrogens is 330 g/mol. The van der Waals surface area contributed by atoms with Gasteiger partial charge in [-0.15, -0.1) is 0 Å². The SMILES string of the molecule is O=C(Nc1noc2c1CCCC2)C(=O)NC1CCCc2ccccc2C1. The van der Waals surface area contributed by atoms with E-state index in [9.17, 15) is 9.59 Å². The third-order valence-corrected chi connectivity index (χ3v) is 5.31. The average Bonchev–Trinajstić information content (AvgIpc) is 2.94. The fraction of sp³-hybridized carbons (Fsp3) is 0.450. The molecule has 6 heteroatoms. The van der Waals surface area contributed by atoms with Gasteiger partial charge in [-0.3, -0.25) is 14.9 Å². The molecule has 2 aromatic rings. The molecular formula is C20H23N3O3. The van der Waals surface area contributed by atoms with Crippen LogP contribution in [0.1, 0.15) is 48.1 Å². The van der Waals surface area contributed by atoms with Gasteiger partial charge < -0.3 is 9.84 Å². The van der Waals surface area contributed by atoms with Gasteiger partial charge in [0.25, 0.3) is 0 Å². The number of carbonyl (C=O) groups excluding carboxylic acids is 2. The predicted octanol–water partition coefficient (Wildman–Crippen LogP) is 2.56. The Balaban J connectivity index is 1.39. The number of hydrogen-bond acceptors (Lipinski definition) is 4. The van der Waals surface area contributed by atoms with Crippen LogP contribution in [0.3, 0.4) is 0 Å². The normalized spacial score (nSPS) is 19.0. The highest BCUT2D eigenvalue weighted by atomic mass is 16.5. The molecule has 136 valence electrons. The Morgan fingerprint density at radius 1 is 1.00 bits per heavy atom. The quantitative estimate of drug-likeness (QED) is 0.642. The number of benzene rings is 1. The molecule has 2 aliphatic rings. The molecule has 0 radical (unpaired) electrons. The standard InChI is InChI=1S/C20H23N3O3/c24-19(20(25)22-18-16-10-3-4-11-17(16)26-23-18)21-15-9-5-8-13-6-1-2-7-14(13)12-15/h1-2,6-7,15H,3-5,8-12H2,(H,21,24)(H,22,23,25). The van der Waals surface area contributed by atoms with Crippen molar-refractivity contribution in [2.75, 3.05) is 5.32 Å². The maximum absolute atomic E-state index is 12.3. The van der Waals surface area contributed by atoms with E-state index in [0.717, 1.165) is 62.7 Å². The second-order valence-corrected chi connectivity index (χ2v) is 7.13. The molecule has 26 heavy (non-hydrogen) atoms. The van der Waals surface area contributed by atoms with Gasteiger partial charge in [-0.25, -0.2) is 0 Å². The molecule has 4 rings (SSSR count). The highest BCUT2D eigenvalue weighted by molar-refractivity contribution is 6.39. The topological polar surface area (TPSA) is 84.2 Å². The van der Waals surface area contributed by atoms with E-state index >= 15 is 0 Å². The number of amides is 2. The van der Waals surface area contributed by atoms with Crippen molar-refractivity contribution < 1.29 is 14.1 Å². The zero-order chi connectivity index (χ0) is 17.9. The van der Waals surface area contributed by atoms with Crippen LogP contribution < -0.4 is 10.6 Å². The highest BCUT2D eigenvalue weighted by Crippen LogP contribution is 2.27. The van der Waals surface area contributed by atoms with Gasteiger partial charge in [0.2, 0.25) is 0 Å². The number of rotatable bonds is 2. The van der Waals surface area contributed by atoms with E-state index in [1.807, 2.05) is 12.1 Å². The first-order valence-electron chi connectivity index (χ1n) is 9.37. The monoisotopic (exact) mass is 353 g/mol. The van der Waals surface area contributed by atoms with E-state index in [1.165, 1.54) is 11.1 Å². The number of aryl methyl sites for hydroxylation is 2. The summed E-state index contributed by atoms with van der Waals surface area (Å²) < 4.78 is 5.28. The molecule has 0 aliphatic heterocycles. The Labute approximate surface area is 152 Å². The van der Waals surface area contributed by atoms with Crippen molar-refractivity contribution in [1.29, 1.82) is 0 Å². The third-order valence-electron chi connectivity index (χ3n) is 5.31. The van der Waals surface area contributed by atoms with Crippen LogP contribution in [0.25, 0.3) is 0 Å². The first-order chi connectivity index (χ1) is 12.7. The van der Waals surface area contributed by atoms with E-state index in [-0.39, 0.29) is 6.04 Å². The van der Waals surface area contributed by atoms with Crippen LogP contribution in [0.4, 0.5) is 5.82 Å². The first kappa shape index (κ1) is 16.8. The summed E-state index contributed by atoms with van der Waals surface area (Å²) in [5.41, 5.74) is 3.52. The van der Waals surface area contributed by atoms with Crippen molar-refractivity contribution in [3.05, 3.63) is 46.7 Å².